The van der Waals surface area contributed by atoms with Crippen LogP contribution in [-0.4, -0.2) is 122 Å². The van der Waals surface area contributed by atoms with Crippen molar-refractivity contribution in [3.05, 3.63) is 101 Å². The van der Waals surface area contributed by atoms with Gasteiger partial charge in [-0.05, 0) is 113 Å². The molecular formula is C43H59Br2Cl5N6O4. The van der Waals surface area contributed by atoms with Crippen LogP contribution in [0.25, 0.3) is 0 Å². The molecule has 0 aromatic heterocycles. The van der Waals surface area contributed by atoms with E-state index < -0.39 is 5.60 Å². The summed E-state index contributed by atoms with van der Waals surface area (Å²) >= 11 is 36.8. The molecule has 0 atom stereocenters. The summed E-state index contributed by atoms with van der Waals surface area (Å²) in [6.07, 6.45) is -0.443. The number of rotatable bonds is 5. The van der Waals surface area contributed by atoms with Crippen molar-refractivity contribution in [3.8, 4) is 0 Å². The SMILES string of the molecule is CC(C)(C)OC(=O)N1CCN(Cc2cc(Cl)ccc2Cl)CC1.CC(C)(C)OC(=O)N1CCNCC1.Clc1ccc(Br)cc1CBr.Clc1ccc(Cl)c(CN2CCNCC2)c1. The van der Waals surface area contributed by atoms with Gasteiger partial charge in [0.25, 0.3) is 0 Å². The number of benzene rings is 3. The van der Waals surface area contributed by atoms with E-state index in [-0.39, 0.29) is 17.8 Å². The Kier molecular flexibility index (Phi) is 23.1. The molecule has 10 nitrogen and oxygen atoms in total. The summed E-state index contributed by atoms with van der Waals surface area (Å²) in [5.41, 5.74) is 2.40. The predicted octanol–water partition coefficient (Wildman–Crippen LogP) is 11.3. The third kappa shape index (κ3) is 20.8. The highest BCUT2D eigenvalue weighted by molar-refractivity contribution is 9.10. The van der Waals surface area contributed by atoms with Crippen molar-refractivity contribution in [2.24, 2.45) is 0 Å². The van der Waals surface area contributed by atoms with Crippen molar-refractivity contribution in [1.82, 2.24) is 30.2 Å². The summed E-state index contributed by atoms with van der Waals surface area (Å²) in [6, 6.07) is 16.9. The maximum atomic E-state index is 12.0. The van der Waals surface area contributed by atoms with Crippen LogP contribution in [0.4, 0.5) is 9.59 Å². The lowest BCUT2D eigenvalue weighted by Crippen LogP contribution is -2.49. The summed E-state index contributed by atoms with van der Waals surface area (Å²) in [7, 11) is 0. The minimum absolute atomic E-state index is 0.200. The molecule has 3 fully saturated rings. The maximum Gasteiger partial charge on any atom is 0.410 e. The number of carbonyl (C=O) groups excluding carboxylic acids is 2. The van der Waals surface area contributed by atoms with Gasteiger partial charge in [-0.3, -0.25) is 9.80 Å². The van der Waals surface area contributed by atoms with Crippen LogP contribution in [-0.2, 0) is 27.9 Å². The molecule has 0 unspecified atom stereocenters. The summed E-state index contributed by atoms with van der Waals surface area (Å²) < 4.78 is 11.7. The molecule has 0 spiro atoms. The van der Waals surface area contributed by atoms with Crippen LogP contribution in [0.3, 0.4) is 0 Å². The predicted molar refractivity (Wildman–Crippen MR) is 257 cm³/mol. The Balaban J connectivity index is 0.000000223. The third-order valence-corrected chi connectivity index (χ3v) is 11.6. The van der Waals surface area contributed by atoms with Crippen molar-refractivity contribution in [1.29, 1.82) is 0 Å². The molecule has 3 aliphatic heterocycles. The highest BCUT2D eigenvalue weighted by Crippen LogP contribution is 2.25. The molecule has 0 saturated carbocycles. The lowest BCUT2D eigenvalue weighted by molar-refractivity contribution is 0.0138. The highest BCUT2D eigenvalue weighted by atomic mass is 79.9. The lowest BCUT2D eigenvalue weighted by atomic mass is 10.2. The Hall–Kier alpha value is -1.55. The zero-order valence-corrected chi connectivity index (χ0v) is 42.3. The molecule has 0 radical (unpaired) electrons. The standard InChI is InChI=1S/C16H22Cl2N2O2.C11H14Cl2N2.C9H18N2O2.C7H5Br2Cl/c1-16(2,3)22-15(21)20-8-6-19(7-9-20)11-12-10-13(17)4-5-14(12)18;12-10-1-2-11(13)9(7-10)8-15-5-3-14-4-6-15;1-9(2,3)13-8(12)11-6-4-10-5-7-11;8-4-5-3-6(9)1-2-7(5)10/h4-5,10H,6-9,11H2,1-3H3;1-2,7,14H,3-6,8H2;10H,4-7H2,1-3H3;1-3H,4H2. The van der Waals surface area contributed by atoms with Gasteiger partial charge in [0, 0.05) is 127 Å². The summed E-state index contributed by atoms with van der Waals surface area (Å²) in [5.74, 6) is 0. The summed E-state index contributed by atoms with van der Waals surface area (Å²) in [6.45, 7) is 23.3. The van der Waals surface area contributed by atoms with Crippen LogP contribution < -0.4 is 10.6 Å². The van der Waals surface area contributed by atoms with Gasteiger partial charge in [0.05, 0.1) is 0 Å². The van der Waals surface area contributed by atoms with Crippen molar-refractivity contribution < 1.29 is 19.1 Å². The maximum absolute atomic E-state index is 12.0. The second kappa shape index (κ2) is 26.3. The molecular weight excluding hydrogens is 1000 g/mol. The smallest absolute Gasteiger partial charge is 0.410 e. The average molecular weight is 1060 g/mol. The highest BCUT2D eigenvalue weighted by Gasteiger charge is 2.26. The first-order valence-corrected chi connectivity index (χ1v) is 23.7. The van der Waals surface area contributed by atoms with E-state index in [4.69, 9.17) is 67.5 Å². The monoisotopic (exact) mass is 1060 g/mol. The number of nitrogens with one attached hydrogen (secondary N) is 2. The molecule has 60 heavy (non-hydrogen) atoms. The minimum Gasteiger partial charge on any atom is -0.444 e. The number of hydrogen-bond donors (Lipinski definition) is 2. The van der Waals surface area contributed by atoms with Crippen LogP contribution >= 0.6 is 89.9 Å². The Morgan fingerprint density at radius 1 is 0.567 bits per heavy atom. The van der Waals surface area contributed by atoms with Crippen LogP contribution in [0.5, 0.6) is 0 Å². The van der Waals surface area contributed by atoms with Crippen LogP contribution in [0.1, 0.15) is 58.2 Å². The van der Waals surface area contributed by atoms with E-state index in [0.29, 0.717) is 18.1 Å². The normalized spacial score (nSPS) is 16.3. The van der Waals surface area contributed by atoms with Crippen LogP contribution in [0.15, 0.2) is 59.1 Å². The second-order valence-electron chi connectivity index (χ2n) is 16.3. The van der Waals surface area contributed by atoms with Gasteiger partial charge < -0.3 is 29.9 Å². The van der Waals surface area contributed by atoms with Gasteiger partial charge in [0.2, 0.25) is 0 Å². The van der Waals surface area contributed by atoms with Crippen molar-refractivity contribution in [2.45, 2.75) is 71.2 Å². The number of halogens is 7. The Morgan fingerprint density at radius 2 is 0.950 bits per heavy atom. The van der Waals surface area contributed by atoms with Gasteiger partial charge in [0.15, 0.2) is 0 Å². The molecule has 3 aliphatic rings. The van der Waals surface area contributed by atoms with Crippen molar-refractivity contribution in [2.75, 3.05) is 78.5 Å². The number of carbonyl (C=O) groups is 2. The Bertz CT molecular complexity index is 1800. The molecule has 2 N–H and O–H groups in total. The van der Waals surface area contributed by atoms with Crippen LogP contribution in [0.2, 0.25) is 25.1 Å². The molecule has 0 bridgehead atoms. The molecule has 3 saturated heterocycles. The molecule has 6 rings (SSSR count). The van der Waals surface area contributed by atoms with Gasteiger partial charge in [-0.2, -0.15) is 0 Å². The summed E-state index contributed by atoms with van der Waals surface area (Å²) in [4.78, 5) is 31.6. The molecule has 334 valence electrons. The van der Waals surface area contributed by atoms with E-state index in [2.05, 4.69) is 52.3 Å². The molecule has 2 amide bonds. The molecule has 3 heterocycles. The fourth-order valence-electron chi connectivity index (χ4n) is 5.91. The number of hydrogen-bond acceptors (Lipinski definition) is 8. The first-order chi connectivity index (χ1) is 28.2. The fraction of sp³-hybridized carbons (Fsp3) is 0.535. The van der Waals surface area contributed by atoms with Gasteiger partial charge in [-0.1, -0.05) is 89.9 Å². The van der Waals surface area contributed by atoms with Crippen molar-refractivity contribution >= 4 is 102 Å². The van der Waals surface area contributed by atoms with Gasteiger partial charge in [-0.25, -0.2) is 9.59 Å². The minimum atomic E-state index is -0.456. The second-order valence-corrected chi connectivity index (χ2v) is 19.9. The van der Waals surface area contributed by atoms with Gasteiger partial charge in [0.1, 0.15) is 11.2 Å². The zero-order valence-electron chi connectivity index (χ0n) is 35.4. The number of ether oxygens (including phenoxy) is 2. The number of amides is 2. The van der Waals surface area contributed by atoms with E-state index in [9.17, 15) is 9.59 Å². The van der Waals surface area contributed by atoms with E-state index in [0.717, 1.165) is 125 Å². The first-order valence-electron chi connectivity index (χ1n) is 19.9. The number of alkyl halides is 1. The Morgan fingerprint density at radius 3 is 1.37 bits per heavy atom. The zero-order chi connectivity index (χ0) is 44.5. The fourth-order valence-corrected chi connectivity index (χ4v) is 7.88. The quantitative estimate of drug-likeness (QED) is 0.244. The van der Waals surface area contributed by atoms with Crippen LogP contribution in [0, 0.1) is 0 Å². The van der Waals surface area contributed by atoms with E-state index >= 15 is 0 Å². The Labute approximate surface area is 399 Å². The van der Waals surface area contributed by atoms with Gasteiger partial charge in [-0.15, -0.1) is 0 Å². The van der Waals surface area contributed by atoms with E-state index in [1.165, 1.54) is 0 Å². The third-order valence-electron chi connectivity index (χ3n) is 8.96. The van der Waals surface area contributed by atoms with E-state index in [1.807, 2.05) is 90.1 Å². The number of nitrogens with zero attached hydrogens (tertiary/aromatic N) is 4. The molecule has 3 aromatic rings. The first kappa shape index (κ1) is 52.8. The average Bonchev–Trinajstić information content (AvgIpc) is 3.19. The van der Waals surface area contributed by atoms with E-state index in [1.54, 1.807) is 15.9 Å². The molecule has 0 aliphatic carbocycles. The number of piperazine rings is 3. The van der Waals surface area contributed by atoms with Crippen molar-refractivity contribution in [3.63, 3.8) is 0 Å². The largest absolute Gasteiger partial charge is 0.444 e. The summed E-state index contributed by atoms with van der Waals surface area (Å²) in [5, 5.41) is 11.1. The topological polar surface area (TPSA) is 89.6 Å². The molecule has 3 aromatic carbocycles. The van der Waals surface area contributed by atoms with Gasteiger partial charge >= 0.3 is 12.2 Å². The molecule has 17 heteroatoms. The lowest BCUT2D eigenvalue weighted by Gasteiger charge is -2.35.